The summed E-state index contributed by atoms with van der Waals surface area (Å²) >= 11 is 0. The summed E-state index contributed by atoms with van der Waals surface area (Å²) in [6, 6.07) is 6.26. The van der Waals surface area contributed by atoms with E-state index in [0.717, 1.165) is 36.8 Å². The number of H-pyrrole nitrogens is 2. The van der Waals surface area contributed by atoms with Crippen LogP contribution in [0.25, 0.3) is 11.0 Å². The standard InChI is InChI=1S/C16H23N3O2/c1-3-8-17-15(14-7-4-10(2)21-14)11-5-6-12-13(9-11)19-16(20)18-12/h5-6,9-10,14-15,17H,3-4,7-8H2,1-2H3,(H2,18,19,20). The van der Waals surface area contributed by atoms with Crippen LogP contribution in [0, 0.1) is 0 Å². The molecule has 2 heterocycles. The Kier molecular flexibility index (Phi) is 4.12. The lowest BCUT2D eigenvalue weighted by atomic mass is 9.98. The number of hydrogen-bond donors (Lipinski definition) is 3. The molecule has 0 saturated carbocycles. The molecule has 1 aliphatic heterocycles. The van der Waals surface area contributed by atoms with E-state index in [2.05, 4.69) is 35.2 Å². The van der Waals surface area contributed by atoms with Crippen LogP contribution in [0.15, 0.2) is 23.0 Å². The van der Waals surface area contributed by atoms with Crippen molar-refractivity contribution in [3.8, 4) is 0 Å². The van der Waals surface area contributed by atoms with Crippen molar-refractivity contribution in [2.24, 2.45) is 0 Å². The predicted molar refractivity (Wildman–Crippen MR) is 83.5 cm³/mol. The van der Waals surface area contributed by atoms with E-state index in [1.807, 2.05) is 12.1 Å². The Labute approximate surface area is 124 Å². The van der Waals surface area contributed by atoms with Crippen molar-refractivity contribution in [2.45, 2.75) is 51.4 Å². The van der Waals surface area contributed by atoms with E-state index in [1.165, 1.54) is 5.56 Å². The molecule has 0 spiro atoms. The number of fused-ring (bicyclic) bond motifs is 1. The molecule has 1 saturated heterocycles. The maximum absolute atomic E-state index is 11.4. The molecule has 5 heteroatoms. The number of hydrogen-bond acceptors (Lipinski definition) is 3. The molecule has 5 nitrogen and oxygen atoms in total. The molecule has 1 aromatic heterocycles. The minimum atomic E-state index is -0.161. The van der Waals surface area contributed by atoms with Crippen LogP contribution in [0.3, 0.4) is 0 Å². The topological polar surface area (TPSA) is 69.9 Å². The predicted octanol–water partition coefficient (Wildman–Crippen LogP) is 2.46. The van der Waals surface area contributed by atoms with Crippen LogP contribution >= 0.6 is 0 Å². The molecule has 3 rings (SSSR count). The monoisotopic (exact) mass is 289 g/mol. The largest absolute Gasteiger partial charge is 0.373 e. The van der Waals surface area contributed by atoms with Gasteiger partial charge in [0.25, 0.3) is 0 Å². The number of aromatic nitrogens is 2. The number of imidazole rings is 1. The first-order valence-electron chi connectivity index (χ1n) is 7.78. The highest BCUT2D eigenvalue weighted by atomic mass is 16.5. The maximum Gasteiger partial charge on any atom is 0.323 e. The maximum atomic E-state index is 11.4. The summed E-state index contributed by atoms with van der Waals surface area (Å²) < 4.78 is 6.05. The summed E-state index contributed by atoms with van der Waals surface area (Å²) in [5.41, 5.74) is 2.71. The van der Waals surface area contributed by atoms with E-state index in [0.29, 0.717) is 6.10 Å². The first kappa shape index (κ1) is 14.4. The van der Waals surface area contributed by atoms with Crippen molar-refractivity contribution < 1.29 is 4.74 Å². The zero-order valence-electron chi connectivity index (χ0n) is 12.6. The van der Waals surface area contributed by atoms with E-state index >= 15 is 0 Å². The second-order valence-corrected chi connectivity index (χ2v) is 5.88. The van der Waals surface area contributed by atoms with Crippen LogP contribution in [0.2, 0.25) is 0 Å². The Bertz CT molecular complexity index is 661. The molecule has 0 aliphatic carbocycles. The van der Waals surface area contributed by atoms with Gasteiger partial charge in [0.05, 0.1) is 29.3 Å². The lowest BCUT2D eigenvalue weighted by Crippen LogP contribution is -2.32. The zero-order valence-corrected chi connectivity index (χ0v) is 12.6. The van der Waals surface area contributed by atoms with Crippen molar-refractivity contribution >= 4 is 11.0 Å². The SMILES string of the molecule is CCCNC(c1ccc2[nH]c(=O)[nH]c2c1)C1CCC(C)O1. The zero-order chi connectivity index (χ0) is 14.8. The van der Waals surface area contributed by atoms with Gasteiger partial charge in [0.1, 0.15) is 0 Å². The van der Waals surface area contributed by atoms with Gasteiger partial charge in [0.15, 0.2) is 0 Å². The molecule has 1 fully saturated rings. The normalized spacial score (nSPS) is 23.7. The van der Waals surface area contributed by atoms with Gasteiger partial charge in [-0.15, -0.1) is 0 Å². The van der Waals surface area contributed by atoms with E-state index < -0.39 is 0 Å². The van der Waals surface area contributed by atoms with Crippen molar-refractivity contribution in [1.29, 1.82) is 0 Å². The molecule has 0 radical (unpaired) electrons. The Morgan fingerprint density at radius 2 is 2.14 bits per heavy atom. The first-order chi connectivity index (χ1) is 10.2. The van der Waals surface area contributed by atoms with Gasteiger partial charge in [-0.05, 0) is 50.4 Å². The minimum absolute atomic E-state index is 0.161. The number of rotatable bonds is 5. The van der Waals surface area contributed by atoms with Crippen molar-refractivity contribution in [1.82, 2.24) is 15.3 Å². The molecule has 21 heavy (non-hydrogen) atoms. The van der Waals surface area contributed by atoms with Crippen LogP contribution in [0.5, 0.6) is 0 Å². The smallest absolute Gasteiger partial charge is 0.323 e. The third-order valence-electron chi connectivity index (χ3n) is 4.15. The second-order valence-electron chi connectivity index (χ2n) is 5.88. The van der Waals surface area contributed by atoms with Gasteiger partial charge in [0, 0.05) is 0 Å². The summed E-state index contributed by atoms with van der Waals surface area (Å²) in [6.45, 7) is 5.25. The molecular formula is C16H23N3O2. The van der Waals surface area contributed by atoms with Gasteiger partial charge in [-0.1, -0.05) is 13.0 Å². The van der Waals surface area contributed by atoms with E-state index in [1.54, 1.807) is 0 Å². The van der Waals surface area contributed by atoms with Crippen LogP contribution in [0.4, 0.5) is 0 Å². The second kappa shape index (κ2) is 6.03. The third-order valence-corrected chi connectivity index (χ3v) is 4.15. The van der Waals surface area contributed by atoms with Crippen molar-refractivity contribution in [3.63, 3.8) is 0 Å². The highest BCUT2D eigenvalue weighted by Gasteiger charge is 2.30. The fourth-order valence-corrected chi connectivity index (χ4v) is 3.09. The van der Waals surface area contributed by atoms with Crippen LogP contribution in [0.1, 0.15) is 44.7 Å². The summed E-state index contributed by atoms with van der Waals surface area (Å²) in [4.78, 5) is 17.0. The van der Waals surface area contributed by atoms with Crippen LogP contribution in [-0.4, -0.2) is 28.7 Å². The fourth-order valence-electron chi connectivity index (χ4n) is 3.09. The summed E-state index contributed by atoms with van der Waals surface area (Å²) in [7, 11) is 0. The Morgan fingerprint density at radius 3 is 2.86 bits per heavy atom. The Morgan fingerprint density at radius 1 is 1.33 bits per heavy atom. The molecule has 3 N–H and O–H groups in total. The van der Waals surface area contributed by atoms with Gasteiger partial charge in [-0.2, -0.15) is 0 Å². The number of aromatic amines is 2. The number of ether oxygens (including phenoxy) is 1. The van der Waals surface area contributed by atoms with E-state index in [-0.39, 0.29) is 17.8 Å². The minimum Gasteiger partial charge on any atom is -0.373 e. The quantitative estimate of drug-likeness (QED) is 0.792. The first-order valence-corrected chi connectivity index (χ1v) is 7.78. The molecule has 114 valence electrons. The van der Waals surface area contributed by atoms with Gasteiger partial charge in [-0.25, -0.2) is 4.79 Å². The summed E-state index contributed by atoms with van der Waals surface area (Å²) in [6.07, 6.45) is 3.80. The van der Waals surface area contributed by atoms with Gasteiger partial charge in [-0.3, -0.25) is 0 Å². The molecule has 0 bridgehead atoms. The molecule has 0 amide bonds. The van der Waals surface area contributed by atoms with Crippen molar-refractivity contribution in [2.75, 3.05) is 6.54 Å². The number of benzene rings is 1. The summed E-state index contributed by atoms with van der Waals surface area (Å²) in [5, 5.41) is 3.59. The fraction of sp³-hybridized carbons (Fsp3) is 0.562. The number of nitrogens with one attached hydrogen (secondary N) is 3. The summed E-state index contributed by atoms with van der Waals surface area (Å²) in [5.74, 6) is 0. The van der Waals surface area contributed by atoms with Crippen molar-refractivity contribution in [3.05, 3.63) is 34.2 Å². The van der Waals surface area contributed by atoms with Gasteiger partial charge >= 0.3 is 5.69 Å². The lowest BCUT2D eigenvalue weighted by molar-refractivity contribution is 0.0316. The van der Waals surface area contributed by atoms with Gasteiger partial charge in [0.2, 0.25) is 0 Å². The van der Waals surface area contributed by atoms with E-state index in [9.17, 15) is 4.79 Å². The highest BCUT2D eigenvalue weighted by molar-refractivity contribution is 5.75. The molecule has 1 aliphatic rings. The molecule has 3 atom stereocenters. The van der Waals surface area contributed by atoms with Gasteiger partial charge < -0.3 is 20.0 Å². The third kappa shape index (κ3) is 3.04. The van der Waals surface area contributed by atoms with E-state index in [4.69, 9.17) is 4.74 Å². The highest BCUT2D eigenvalue weighted by Crippen LogP contribution is 2.31. The molecular weight excluding hydrogens is 266 g/mol. The lowest BCUT2D eigenvalue weighted by Gasteiger charge is -2.25. The van der Waals surface area contributed by atoms with Crippen LogP contribution in [-0.2, 0) is 4.74 Å². The average molecular weight is 289 g/mol. The Balaban J connectivity index is 1.90. The molecule has 1 aromatic carbocycles. The molecule has 2 aromatic rings. The molecule has 3 unspecified atom stereocenters. The van der Waals surface area contributed by atoms with Crippen LogP contribution < -0.4 is 11.0 Å². The average Bonchev–Trinajstić information content (AvgIpc) is 3.04. The Hall–Kier alpha value is -1.59.